The van der Waals surface area contributed by atoms with Gasteiger partial charge in [-0.1, -0.05) is 6.92 Å². The number of carbonyl (C=O) groups is 1. The van der Waals surface area contributed by atoms with E-state index in [0.717, 1.165) is 30.8 Å². The summed E-state index contributed by atoms with van der Waals surface area (Å²) in [6.07, 6.45) is 3.68. The molecule has 0 spiro atoms. The Kier molecular flexibility index (Phi) is 4.72. The largest absolute Gasteiger partial charge is 0.354 e. The van der Waals surface area contributed by atoms with E-state index in [4.69, 9.17) is 0 Å². The fourth-order valence-electron chi connectivity index (χ4n) is 2.60. The lowest BCUT2D eigenvalue weighted by Crippen LogP contribution is -2.48. The van der Waals surface area contributed by atoms with Gasteiger partial charge >= 0.3 is 0 Å². The second-order valence-electron chi connectivity index (χ2n) is 5.30. The molecule has 1 N–H and O–H groups in total. The number of aryl methyl sites for hydroxylation is 1. The summed E-state index contributed by atoms with van der Waals surface area (Å²) in [5.74, 6) is 0.811. The zero-order valence-corrected chi connectivity index (χ0v) is 12.3. The summed E-state index contributed by atoms with van der Waals surface area (Å²) in [5.41, 5.74) is 0.788. The molecular weight excluding hydrogens is 272 g/mol. The van der Waals surface area contributed by atoms with Gasteiger partial charge in [-0.05, 0) is 25.3 Å². The minimum Gasteiger partial charge on any atom is -0.354 e. The Morgan fingerprint density at radius 3 is 3.00 bits per heavy atom. The fourth-order valence-corrected chi connectivity index (χ4v) is 2.60. The Balaban J connectivity index is 2.10. The van der Waals surface area contributed by atoms with Crippen LogP contribution in [-0.4, -0.2) is 34.9 Å². The number of nitrogens with zero attached hydrogens (tertiary/aromatic N) is 3. The smallest absolute Gasteiger partial charge is 0.287 e. The highest BCUT2D eigenvalue weighted by atomic mass is 16.6. The third-order valence-corrected chi connectivity index (χ3v) is 3.65. The molecule has 1 aromatic heterocycles. The van der Waals surface area contributed by atoms with E-state index in [0.29, 0.717) is 13.0 Å². The second kappa shape index (κ2) is 6.51. The number of anilines is 1. The quantitative estimate of drug-likeness (QED) is 0.675. The Bertz CT molecular complexity index is 547. The van der Waals surface area contributed by atoms with Gasteiger partial charge in [-0.3, -0.25) is 14.9 Å². The number of carbonyl (C=O) groups excluding carboxylic acids is 1. The van der Waals surface area contributed by atoms with Crippen LogP contribution in [0.1, 0.15) is 31.7 Å². The second-order valence-corrected chi connectivity index (χ2v) is 5.30. The molecule has 1 amide bonds. The average Bonchev–Trinajstić information content (AvgIpc) is 2.47. The molecule has 0 aliphatic carbocycles. The molecule has 1 saturated heterocycles. The number of rotatable bonds is 4. The first-order chi connectivity index (χ1) is 10.0. The van der Waals surface area contributed by atoms with Crippen molar-refractivity contribution < 1.29 is 9.72 Å². The Hall–Kier alpha value is -2.18. The molecule has 21 heavy (non-hydrogen) atoms. The van der Waals surface area contributed by atoms with Gasteiger partial charge < -0.3 is 10.2 Å². The van der Waals surface area contributed by atoms with Gasteiger partial charge in [0.2, 0.25) is 5.91 Å². The first kappa shape index (κ1) is 15.2. The zero-order chi connectivity index (χ0) is 15.4. The molecule has 1 atom stereocenters. The van der Waals surface area contributed by atoms with Crippen LogP contribution in [-0.2, 0) is 4.79 Å². The summed E-state index contributed by atoms with van der Waals surface area (Å²) >= 11 is 0. The van der Waals surface area contributed by atoms with Crippen LogP contribution >= 0.6 is 0 Å². The van der Waals surface area contributed by atoms with Gasteiger partial charge in [-0.25, -0.2) is 4.98 Å². The molecule has 0 unspecified atom stereocenters. The molecule has 2 heterocycles. The zero-order valence-electron chi connectivity index (χ0n) is 12.3. The number of nitrogens with one attached hydrogen (secondary N) is 1. The van der Waals surface area contributed by atoms with Crippen LogP contribution in [0.25, 0.3) is 0 Å². The van der Waals surface area contributed by atoms with Crippen LogP contribution < -0.4 is 10.2 Å². The summed E-state index contributed by atoms with van der Waals surface area (Å²) in [7, 11) is 0. The maximum Gasteiger partial charge on any atom is 0.287 e. The maximum absolute atomic E-state index is 11.5. The van der Waals surface area contributed by atoms with E-state index < -0.39 is 4.92 Å². The topological polar surface area (TPSA) is 88.4 Å². The Morgan fingerprint density at radius 2 is 2.38 bits per heavy atom. The Morgan fingerprint density at radius 1 is 1.62 bits per heavy atom. The van der Waals surface area contributed by atoms with Gasteiger partial charge in [0, 0.05) is 31.6 Å². The van der Waals surface area contributed by atoms with E-state index in [1.54, 1.807) is 0 Å². The van der Waals surface area contributed by atoms with Crippen molar-refractivity contribution in [1.82, 2.24) is 10.3 Å². The normalized spacial score (nSPS) is 18.4. The SMILES string of the molecule is CCC(=O)N[C@H]1CCCN(c2ncc([N+](=O)[O-])cc2C)C1. The Labute approximate surface area is 123 Å². The molecule has 7 nitrogen and oxygen atoms in total. The highest BCUT2D eigenvalue weighted by Crippen LogP contribution is 2.24. The molecule has 1 aliphatic heterocycles. The van der Waals surface area contributed by atoms with E-state index in [-0.39, 0.29) is 17.6 Å². The van der Waals surface area contributed by atoms with Gasteiger partial charge in [-0.2, -0.15) is 0 Å². The van der Waals surface area contributed by atoms with Gasteiger partial charge in [0.25, 0.3) is 5.69 Å². The summed E-state index contributed by atoms with van der Waals surface area (Å²) in [5, 5.41) is 13.8. The third kappa shape index (κ3) is 3.68. The van der Waals surface area contributed by atoms with E-state index in [9.17, 15) is 14.9 Å². The van der Waals surface area contributed by atoms with Crippen LogP contribution in [0, 0.1) is 17.0 Å². The molecule has 0 aromatic carbocycles. The van der Waals surface area contributed by atoms with Crippen molar-refractivity contribution in [1.29, 1.82) is 0 Å². The number of nitro groups is 1. The minimum absolute atomic E-state index is 0.00379. The van der Waals surface area contributed by atoms with E-state index >= 15 is 0 Å². The van der Waals surface area contributed by atoms with E-state index in [2.05, 4.69) is 15.2 Å². The van der Waals surface area contributed by atoms with Crippen LogP contribution in [0.3, 0.4) is 0 Å². The lowest BCUT2D eigenvalue weighted by atomic mass is 10.0. The standard InChI is InChI=1S/C14H20N4O3/c1-3-13(19)16-11-5-4-6-17(9-11)14-10(2)7-12(8-15-14)18(20)21/h7-8,11H,3-6,9H2,1-2H3,(H,16,19)/t11-/m0/s1. The predicted octanol–water partition coefficient (Wildman–Crippen LogP) is 1.79. The first-order valence-electron chi connectivity index (χ1n) is 7.16. The number of aromatic nitrogens is 1. The fraction of sp³-hybridized carbons (Fsp3) is 0.571. The summed E-state index contributed by atoms with van der Waals surface area (Å²) < 4.78 is 0. The number of piperidine rings is 1. The highest BCUT2D eigenvalue weighted by molar-refractivity contribution is 5.76. The molecular formula is C14H20N4O3. The van der Waals surface area contributed by atoms with Crippen molar-refractivity contribution in [3.8, 4) is 0 Å². The van der Waals surface area contributed by atoms with Crippen LogP contribution in [0.2, 0.25) is 0 Å². The number of pyridine rings is 1. The van der Waals surface area contributed by atoms with Gasteiger partial charge in [-0.15, -0.1) is 0 Å². The van der Waals surface area contributed by atoms with Crippen molar-refractivity contribution in [2.24, 2.45) is 0 Å². The van der Waals surface area contributed by atoms with Gasteiger partial charge in [0.15, 0.2) is 0 Å². The lowest BCUT2D eigenvalue weighted by Gasteiger charge is -2.34. The molecule has 1 aromatic rings. The number of amides is 1. The molecule has 0 saturated carbocycles. The first-order valence-corrected chi connectivity index (χ1v) is 7.16. The molecule has 0 bridgehead atoms. The lowest BCUT2D eigenvalue weighted by molar-refractivity contribution is -0.385. The number of hydrogen-bond acceptors (Lipinski definition) is 5. The summed E-state index contributed by atoms with van der Waals surface area (Å²) in [6.45, 7) is 5.20. The predicted molar refractivity (Wildman–Crippen MR) is 79.3 cm³/mol. The highest BCUT2D eigenvalue weighted by Gasteiger charge is 2.23. The van der Waals surface area contributed by atoms with Crippen molar-refractivity contribution in [3.63, 3.8) is 0 Å². The van der Waals surface area contributed by atoms with E-state index in [1.165, 1.54) is 12.3 Å². The molecule has 2 rings (SSSR count). The number of hydrogen-bond donors (Lipinski definition) is 1. The molecule has 0 radical (unpaired) electrons. The van der Waals surface area contributed by atoms with E-state index in [1.807, 2.05) is 13.8 Å². The van der Waals surface area contributed by atoms with Crippen LogP contribution in [0.15, 0.2) is 12.3 Å². The van der Waals surface area contributed by atoms with Gasteiger partial charge in [0.1, 0.15) is 12.0 Å². The summed E-state index contributed by atoms with van der Waals surface area (Å²) in [6, 6.07) is 1.65. The molecule has 1 aliphatic rings. The monoisotopic (exact) mass is 292 g/mol. The van der Waals surface area contributed by atoms with Crippen molar-refractivity contribution in [3.05, 3.63) is 27.9 Å². The molecule has 1 fully saturated rings. The van der Waals surface area contributed by atoms with Crippen molar-refractivity contribution >= 4 is 17.4 Å². The van der Waals surface area contributed by atoms with Crippen LogP contribution in [0.4, 0.5) is 11.5 Å². The van der Waals surface area contributed by atoms with Crippen molar-refractivity contribution in [2.75, 3.05) is 18.0 Å². The minimum atomic E-state index is -0.440. The summed E-state index contributed by atoms with van der Waals surface area (Å²) in [4.78, 5) is 28.1. The third-order valence-electron chi connectivity index (χ3n) is 3.65. The maximum atomic E-state index is 11.5. The molecule has 7 heteroatoms. The average molecular weight is 292 g/mol. The van der Waals surface area contributed by atoms with Gasteiger partial charge in [0.05, 0.1) is 4.92 Å². The molecule has 114 valence electrons. The van der Waals surface area contributed by atoms with Crippen molar-refractivity contribution in [2.45, 2.75) is 39.2 Å². The van der Waals surface area contributed by atoms with Crippen LogP contribution in [0.5, 0.6) is 0 Å².